The molecule has 5 nitrogen and oxygen atoms in total. The molecule has 0 radical (unpaired) electrons. The molecule has 1 aromatic carbocycles. The molecule has 0 aliphatic carbocycles. The Morgan fingerprint density at radius 3 is 2.50 bits per heavy atom. The zero-order valence-electron chi connectivity index (χ0n) is 17.6. The number of amides is 2. The van der Waals surface area contributed by atoms with E-state index in [1.165, 1.54) is 12.0 Å². The van der Waals surface area contributed by atoms with Crippen LogP contribution in [0.5, 0.6) is 0 Å². The Morgan fingerprint density at radius 2 is 1.77 bits per heavy atom. The smallest absolute Gasteiger partial charge is 0.227 e. The van der Waals surface area contributed by atoms with E-state index in [1.807, 2.05) is 23.1 Å². The Balaban J connectivity index is 1.25. The van der Waals surface area contributed by atoms with Crippen LogP contribution in [0.2, 0.25) is 0 Å². The summed E-state index contributed by atoms with van der Waals surface area (Å²) in [6.45, 7) is 2.71. The van der Waals surface area contributed by atoms with Crippen LogP contribution in [-0.4, -0.2) is 46.2 Å². The zero-order chi connectivity index (χ0) is 20.8. The van der Waals surface area contributed by atoms with Crippen molar-refractivity contribution in [2.75, 3.05) is 19.6 Å². The monoisotopic (exact) mass is 405 g/mol. The fourth-order valence-corrected chi connectivity index (χ4v) is 4.67. The van der Waals surface area contributed by atoms with Gasteiger partial charge in [-0.1, -0.05) is 36.4 Å². The predicted molar refractivity (Wildman–Crippen MR) is 116 cm³/mol. The zero-order valence-corrected chi connectivity index (χ0v) is 17.6. The van der Waals surface area contributed by atoms with Crippen molar-refractivity contribution in [3.63, 3.8) is 0 Å². The Kier molecular flexibility index (Phi) is 6.77. The second-order valence-corrected chi connectivity index (χ2v) is 8.62. The van der Waals surface area contributed by atoms with Gasteiger partial charge >= 0.3 is 0 Å². The highest BCUT2D eigenvalue weighted by molar-refractivity contribution is 5.84. The van der Waals surface area contributed by atoms with Crippen LogP contribution in [-0.2, 0) is 22.6 Å². The minimum Gasteiger partial charge on any atom is -0.342 e. The fourth-order valence-electron chi connectivity index (χ4n) is 4.67. The van der Waals surface area contributed by atoms with Crippen LogP contribution in [0.3, 0.4) is 0 Å². The Labute approximate surface area is 179 Å². The molecule has 0 saturated carbocycles. The van der Waals surface area contributed by atoms with Crippen molar-refractivity contribution in [3.05, 3.63) is 66.0 Å². The van der Waals surface area contributed by atoms with Gasteiger partial charge in [-0.05, 0) is 55.7 Å². The van der Waals surface area contributed by atoms with Crippen LogP contribution >= 0.6 is 0 Å². The van der Waals surface area contributed by atoms with Crippen molar-refractivity contribution in [2.45, 2.75) is 45.1 Å². The van der Waals surface area contributed by atoms with Gasteiger partial charge in [0.2, 0.25) is 11.8 Å². The number of nitrogens with zero attached hydrogens (tertiary/aromatic N) is 3. The molecule has 5 heteroatoms. The average Bonchev–Trinajstić information content (AvgIpc) is 2.80. The molecule has 1 atom stereocenters. The quantitative estimate of drug-likeness (QED) is 0.736. The van der Waals surface area contributed by atoms with Crippen molar-refractivity contribution in [2.24, 2.45) is 11.8 Å². The van der Waals surface area contributed by atoms with Crippen LogP contribution in [0.1, 0.15) is 43.4 Å². The van der Waals surface area contributed by atoms with Gasteiger partial charge in [0.15, 0.2) is 0 Å². The SMILES string of the molecule is O=C1CC[C@@H](C(=O)N2CCC(CCc3ccccc3)CC2)CN1Cc1ccccn1. The highest BCUT2D eigenvalue weighted by Gasteiger charge is 2.34. The molecule has 0 unspecified atom stereocenters. The number of aryl methyl sites for hydroxylation is 1. The molecule has 0 N–H and O–H groups in total. The lowest BCUT2D eigenvalue weighted by Gasteiger charge is -2.37. The molecule has 4 rings (SSSR count). The van der Waals surface area contributed by atoms with Crippen molar-refractivity contribution >= 4 is 11.8 Å². The number of hydrogen-bond donors (Lipinski definition) is 0. The lowest BCUT2D eigenvalue weighted by molar-refractivity contribution is -0.144. The van der Waals surface area contributed by atoms with Crippen LogP contribution in [0.15, 0.2) is 54.7 Å². The van der Waals surface area contributed by atoms with Gasteiger partial charge in [0.1, 0.15) is 0 Å². The summed E-state index contributed by atoms with van der Waals surface area (Å²) >= 11 is 0. The van der Waals surface area contributed by atoms with Gasteiger partial charge in [-0.15, -0.1) is 0 Å². The van der Waals surface area contributed by atoms with Crippen molar-refractivity contribution in [1.29, 1.82) is 0 Å². The number of rotatable bonds is 6. The second kappa shape index (κ2) is 9.88. The van der Waals surface area contributed by atoms with Gasteiger partial charge in [-0.3, -0.25) is 14.6 Å². The standard InChI is InChI=1S/C25H31N3O2/c29-24-12-11-22(18-28(24)19-23-8-4-5-15-26-23)25(30)27-16-13-21(14-17-27)10-9-20-6-2-1-3-7-20/h1-8,15,21-22H,9-14,16-19H2/t22-/m1/s1. The summed E-state index contributed by atoms with van der Waals surface area (Å²) < 4.78 is 0. The Bertz CT molecular complexity index is 832. The van der Waals surface area contributed by atoms with E-state index in [-0.39, 0.29) is 17.7 Å². The van der Waals surface area contributed by atoms with Gasteiger partial charge in [0, 0.05) is 32.3 Å². The Morgan fingerprint density at radius 1 is 1.00 bits per heavy atom. The molecule has 0 spiro atoms. The maximum Gasteiger partial charge on any atom is 0.227 e. The number of benzene rings is 1. The molecule has 0 bridgehead atoms. The third-order valence-electron chi connectivity index (χ3n) is 6.54. The second-order valence-electron chi connectivity index (χ2n) is 8.62. The van der Waals surface area contributed by atoms with Crippen LogP contribution in [0.4, 0.5) is 0 Å². The van der Waals surface area contributed by atoms with Crippen LogP contribution in [0, 0.1) is 11.8 Å². The predicted octanol–water partition coefficient (Wildman–Crippen LogP) is 3.69. The maximum atomic E-state index is 13.1. The van der Waals surface area contributed by atoms with E-state index < -0.39 is 0 Å². The fraction of sp³-hybridized carbons (Fsp3) is 0.480. The highest BCUT2D eigenvalue weighted by Crippen LogP contribution is 2.26. The lowest BCUT2D eigenvalue weighted by Crippen LogP contribution is -2.48. The van der Waals surface area contributed by atoms with E-state index in [1.54, 1.807) is 11.1 Å². The minimum atomic E-state index is -0.0766. The van der Waals surface area contributed by atoms with E-state index in [9.17, 15) is 9.59 Å². The summed E-state index contributed by atoms with van der Waals surface area (Å²) in [5.41, 5.74) is 2.27. The maximum absolute atomic E-state index is 13.1. The topological polar surface area (TPSA) is 53.5 Å². The number of carbonyl (C=O) groups is 2. The van der Waals surface area contributed by atoms with Gasteiger partial charge in [0.25, 0.3) is 0 Å². The first-order chi connectivity index (χ1) is 14.7. The third kappa shape index (κ3) is 5.26. The molecule has 2 amide bonds. The molecule has 2 aliphatic rings. The molecule has 158 valence electrons. The molecular weight excluding hydrogens is 374 g/mol. The number of aromatic nitrogens is 1. The molecule has 2 aliphatic heterocycles. The number of piperidine rings is 2. The number of carbonyl (C=O) groups excluding carboxylic acids is 2. The molecule has 2 saturated heterocycles. The molecule has 30 heavy (non-hydrogen) atoms. The molecule has 2 aromatic rings. The summed E-state index contributed by atoms with van der Waals surface area (Å²) in [5, 5.41) is 0. The first-order valence-electron chi connectivity index (χ1n) is 11.2. The van der Waals surface area contributed by atoms with Gasteiger partial charge < -0.3 is 9.80 Å². The summed E-state index contributed by atoms with van der Waals surface area (Å²) in [7, 11) is 0. The van der Waals surface area contributed by atoms with E-state index >= 15 is 0 Å². The highest BCUT2D eigenvalue weighted by atomic mass is 16.2. The third-order valence-corrected chi connectivity index (χ3v) is 6.54. The van der Waals surface area contributed by atoms with E-state index in [0.29, 0.717) is 31.8 Å². The summed E-state index contributed by atoms with van der Waals surface area (Å²) in [5.74, 6) is 0.981. The van der Waals surface area contributed by atoms with Gasteiger partial charge in [-0.25, -0.2) is 0 Å². The van der Waals surface area contributed by atoms with Crippen molar-refractivity contribution in [3.8, 4) is 0 Å². The first kappa shape index (κ1) is 20.6. The van der Waals surface area contributed by atoms with Crippen molar-refractivity contribution in [1.82, 2.24) is 14.8 Å². The lowest BCUT2D eigenvalue weighted by atomic mass is 9.89. The normalized spacial score (nSPS) is 20.4. The number of hydrogen-bond acceptors (Lipinski definition) is 3. The molecule has 3 heterocycles. The molecule has 1 aromatic heterocycles. The van der Waals surface area contributed by atoms with E-state index in [2.05, 4.69) is 35.3 Å². The summed E-state index contributed by atoms with van der Waals surface area (Å²) in [4.78, 5) is 33.6. The van der Waals surface area contributed by atoms with Gasteiger partial charge in [0.05, 0.1) is 18.2 Å². The minimum absolute atomic E-state index is 0.0766. The Hall–Kier alpha value is -2.69. The van der Waals surface area contributed by atoms with Crippen LogP contribution in [0.25, 0.3) is 0 Å². The summed E-state index contributed by atoms with van der Waals surface area (Å²) in [6, 6.07) is 16.4. The molecule has 2 fully saturated rings. The van der Waals surface area contributed by atoms with Gasteiger partial charge in [-0.2, -0.15) is 0 Å². The van der Waals surface area contributed by atoms with E-state index in [4.69, 9.17) is 0 Å². The number of pyridine rings is 1. The van der Waals surface area contributed by atoms with Crippen molar-refractivity contribution < 1.29 is 9.59 Å². The average molecular weight is 406 g/mol. The van der Waals surface area contributed by atoms with Crippen LogP contribution < -0.4 is 0 Å². The summed E-state index contributed by atoms with van der Waals surface area (Å²) in [6.07, 6.45) is 7.35. The number of likely N-dealkylation sites (tertiary alicyclic amines) is 2. The largest absolute Gasteiger partial charge is 0.342 e. The molecular formula is C25H31N3O2. The van der Waals surface area contributed by atoms with E-state index in [0.717, 1.165) is 38.0 Å². The first-order valence-corrected chi connectivity index (χ1v) is 11.2.